The molecule has 3 aliphatic rings. The van der Waals surface area contributed by atoms with Crippen LogP contribution in [0.5, 0.6) is 0 Å². The summed E-state index contributed by atoms with van der Waals surface area (Å²) in [5.74, 6) is 0.404. The molecule has 0 saturated heterocycles. The van der Waals surface area contributed by atoms with Crippen LogP contribution in [0.15, 0.2) is 69.9 Å². The zero-order chi connectivity index (χ0) is 27.7. The lowest BCUT2D eigenvalue weighted by Crippen LogP contribution is -2.49. The van der Waals surface area contributed by atoms with Gasteiger partial charge in [-0.3, -0.25) is 9.59 Å². The van der Waals surface area contributed by atoms with Gasteiger partial charge in [0.05, 0.1) is 0 Å². The van der Waals surface area contributed by atoms with Crippen LogP contribution in [0.25, 0.3) is 0 Å². The SMILES string of the molecule is CC(C)=CCC/C(C)=C/CCC1=CCC2C(C1)C(=O)C(=O)C1CC=C(CC/C=C(\C)CCC=C(C)C)CC12. The van der Waals surface area contributed by atoms with Gasteiger partial charge in [0, 0.05) is 11.8 Å². The van der Waals surface area contributed by atoms with Crippen molar-refractivity contribution in [3.8, 4) is 0 Å². The summed E-state index contributed by atoms with van der Waals surface area (Å²) in [5.41, 5.74) is 8.58. The maximum Gasteiger partial charge on any atom is 0.202 e. The lowest BCUT2D eigenvalue weighted by Gasteiger charge is -2.45. The van der Waals surface area contributed by atoms with Crippen molar-refractivity contribution in [2.24, 2.45) is 23.7 Å². The standard InChI is InChI=1S/C36H52O2/c1-25(2)11-7-13-27(5)15-9-17-29-20-22-32-33(23-29)31-21-19-30(24-34(31)36(38)35(32)37)18-10-16-28(6)14-8-12-26(3)4/h11-12,15-16,19-20,31-34H,7-10,13-14,17-18,21-24H2,1-6H3/b27-15+,28-16+. The molecule has 0 aliphatic heterocycles. The van der Waals surface area contributed by atoms with Crippen molar-refractivity contribution in [2.75, 3.05) is 0 Å². The maximum absolute atomic E-state index is 13.1. The summed E-state index contributed by atoms with van der Waals surface area (Å²) in [6.07, 6.45) is 26.3. The second-order valence-electron chi connectivity index (χ2n) is 12.7. The van der Waals surface area contributed by atoms with E-state index in [1.165, 1.54) is 33.4 Å². The Morgan fingerprint density at radius 3 is 1.68 bits per heavy atom. The molecular weight excluding hydrogens is 464 g/mol. The molecule has 0 amide bonds. The Balaban J connectivity index is 1.55. The topological polar surface area (TPSA) is 34.1 Å². The van der Waals surface area contributed by atoms with Crippen LogP contribution in [-0.2, 0) is 9.59 Å². The van der Waals surface area contributed by atoms with Crippen molar-refractivity contribution in [1.82, 2.24) is 0 Å². The number of fused-ring (bicyclic) bond motifs is 3. The summed E-state index contributed by atoms with van der Waals surface area (Å²) in [4.78, 5) is 26.2. The predicted octanol–water partition coefficient (Wildman–Crippen LogP) is 9.99. The first-order chi connectivity index (χ1) is 18.2. The van der Waals surface area contributed by atoms with Gasteiger partial charge in [-0.25, -0.2) is 0 Å². The zero-order valence-corrected chi connectivity index (χ0v) is 25.1. The van der Waals surface area contributed by atoms with E-state index in [1.54, 1.807) is 0 Å². The van der Waals surface area contributed by atoms with Gasteiger partial charge in [0.25, 0.3) is 0 Å². The summed E-state index contributed by atoms with van der Waals surface area (Å²) < 4.78 is 0. The number of hydrogen-bond donors (Lipinski definition) is 0. The van der Waals surface area contributed by atoms with E-state index in [0.717, 1.165) is 77.0 Å². The molecule has 1 saturated carbocycles. The quantitative estimate of drug-likeness (QED) is 0.191. The van der Waals surface area contributed by atoms with E-state index in [1.807, 2.05) is 0 Å². The molecule has 0 heterocycles. The minimum atomic E-state index is -0.0805. The lowest BCUT2D eigenvalue weighted by atomic mass is 9.57. The van der Waals surface area contributed by atoms with E-state index in [0.29, 0.717) is 11.8 Å². The molecule has 4 atom stereocenters. The van der Waals surface area contributed by atoms with Gasteiger partial charge in [-0.1, -0.05) is 69.9 Å². The van der Waals surface area contributed by atoms with E-state index in [4.69, 9.17) is 0 Å². The number of allylic oxidation sites excluding steroid dienone is 12. The highest BCUT2D eigenvalue weighted by Crippen LogP contribution is 2.49. The van der Waals surface area contributed by atoms with Crippen LogP contribution in [0.3, 0.4) is 0 Å². The van der Waals surface area contributed by atoms with Crippen molar-refractivity contribution in [3.63, 3.8) is 0 Å². The molecule has 0 spiro atoms. The van der Waals surface area contributed by atoms with Gasteiger partial charge >= 0.3 is 0 Å². The fourth-order valence-electron chi connectivity index (χ4n) is 6.66. The van der Waals surface area contributed by atoms with Crippen molar-refractivity contribution in [1.29, 1.82) is 0 Å². The summed E-state index contributed by atoms with van der Waals surface area (Å²) in [6.45, 7) is 13.1. The number of carbonyl (C=O) groups is 2. The lowest BCUT2D eigenvalue weighted by molar-refractivity contribution is -0.149. The van der Waals surface area contributed by atoms with Crippen LogP contribution >= 0.6 is 0 Å². The minimum absolute atomic E-state index is 0.0675. The molecule has 1 fully saturated rings. The summed E-state index contributed by atoms with van der Waals surface area (Å²) in [5, 5.41) is 0. The van der Waals surface area contributed by atoms with Crippen molar-refractivity contribution < 1.29 is 9.59 Å². The van der Waals surface area contributed by atoms with Gasteiger partial charge in [-0.2, -0.15) is 0 Å². The molecule has 4 unspecified atom stereocenters. The molecule has 3 rings (SSSR count). The first-order valence-corrected chi connectivity index (χ1v) is 15.2. The smallest absolute Gasteiger partial charge is 0.202 e. The molecule has 0 N–H and O–H groups in total. The van der Waals surface area contributed by atoms with Gasteiger partial charge in [0.15, 0.2) is 0 Å². The van der Waals surface area contributed by atoms with Crippen LogP contribution in [-0.4, -0.2) is 11.6 Å². The first-order valence-electron chi connectivity index (χ1n) is 15.2. The molecule has 3 aliphatic carbocycles. The molecule has 2 nitrogen and oxygen atoms in total. The molecular formula is C36H52O2. The molecule has 38 heavy (non-hydrogen) atoms. The van der Waals surface area contributed by atoms with E-state index < -0.39 is 0 Å². The third-order valence-electron chi connectivity index (χ3n) is 8.92. The molecule has 208 valence electrons. The second-order valence-corrected chi connectivity index (χ2v) is 12.7. The Bertz CT molecular complexity index is 1030. The maximum atomic E-state index is 13.1. The Hall–Kier alpha value is -2.22. The molecule has 0 aromatic rings. The monoisotopic (exact) mass is 516 g/mol. The Morgan fingerprint density at radius 1 is 0.632 bits per heavy atom. The Morgan fingerprint density at radius 2 is 1.13 bits per heavy atom. The number of Topliss-reactive ketones (excluding diaryl/α,β-unsaturated/α-hetero) is 2. The highest BCUT2D eigenvalue weighted by molar-refractivity contribution is 6.39. The summed E-state index contributed by atoms with van der Waals surface area (Å²) in [7, 11) is 0. The van der Waals surface area contributed by atoms with E-state index in [2.05, 4.69) is 78.0 Å². The number of rotatable bonds is 12. The van der Waals surface area contributed by atoms with Crippen LogP contribution in [0.2, 0.25) is 0 Å². The number of hydrogen-bond acceptors (Lipinski definition) is 2. The van der Waals surface area contributed by atoms with E-state index >= 15 is 0 Å². The van der Waals surface area contributed by atoms with Gasteiger partial charge in [-0.15, -0.1) is 0 Å². The van der Waals surface area contributed by atoms with E-state index in [-0.39, 0.29) is 23.4 Å². The third kappa shape index (κ3) is 8.92. The molecule has 0 radical (unpaired) electrons. The minimum Gasteiger partial charge on any atom is -0.291 e. The molecule has 2 heteroatoms. The average molecular weight is 517 g/mol. The first kappa shape index (κ1) is 30.3. The molecule has 0 bridgehead atoms. The predicted molar refractivity (Wildman–Crippen MR) is 162 cm³/mol. The Labute approximate surface area is 233 Å². The van der Waals surface area contributed by atoms with Gasteiger partial charge in [0.2, 0.25) is 11.6 Å². The van der Waals surface area contributed by atoms with Crippen molar-refractivity contribution >= 4 is 11.6 Å². The van der Waals surface area contributed by atoms with Crippen LogP contribution in [0.1, 0.15) is 119 Å². The van der Waals surface area contributed by atoms with Crippen LogP contribution in [0, 0.1) is 23.7 Å². The second kappa shape index (κ2) is 14.8. The highest BCUT2D eigenvalue weighted by atomic mass is 16.2. The molecule has 0 aromatic heterocycles. The average Bonchev–Trinajstić information content (AvgIpc) is 2.86. The highest BCUT2D eigenvalue weighted by Gasteiger charge is 2.50. The van der Waals surface area contributed by atoms with Crippen LogP contribution < -0.4 is 0 Å². The van der Waals surface area contributed by atoms with Gasteiger partial charge in [-0.05, 0) is 130 Å². The van der Waals surface area contributed by atoms with Crippen LogP contribution in [0.4, 0.5) is 0 Å². The number of carbonyl (C=O) groups excluding carboxylic acids is 2. The fraction of sp³-hybridized carbons (Fsp3) is 0.611. The summed E-state index contributed by atoms with van der Waals surface area (Å²) >= 11 is 0. The molecule has 0 aromatic carbocycles. The number of ketones is 2. The fourth-order valence-corrected chi connectivity index (χ4v) is 6.66. The van der Waals surface area contributed by atoms with E-state index in [9.17, 15) is 9.59 Å². The van der Waals surface area contributed by atoms with Crippen molar-refractivity contribution in [3.05, 3.63) is 69.9 Å². The summed E-state index contributed by atoms with van der Waals surface area (Å²) in [6, 6.07) is 0. The Kier molecular flexibility index (Phi) is 11.8. The largest absolute Gasteiger partial charge is 0.291 e. The van der Waals surface area contributed by atoms with Crippen molar-refractivity contribution in [2.45, 2.75) is 119 Å². The third-order valence-corrected chi connectivity index (χ3v) is 8.92. The normalized spacial score (nSPS) is 25.7. The van der Waals surface area contributed by atoms with Gasteiger partial charge < -0.3 is 0 Å². The zero-order valence-electron chi connectivity index (χ0n) is 25.1. The van der Waals surface area contributed by atoms with Gasteiger partial charge in [0.1, 0.15) is 0 Å².